The van der Waals surface area contributed by atoms with Crippen LogP contribution >= 0.6 is 0 Å². The molecule has 1 rings (SSSR count). The van der Waals surface area contributed by atoms with Gasteiger partial charge in [-0.3, -0.25) is 0 Å². The van der Waals surface area contributed by atoms with Crippen LogP contribution < -0.4 is 9.80 Å². The lowest BCUT2D eigenvalue weighted by Crippen LogP contribution is -3.09. The molecule has 0 unspecified atom stereocenters. The van der Waals surface area contributed by atoms with E-state index < -0.39 is 14.5 Å². The van der Waals surface area contributed by atoms with Gasteiger partial charge >= 0.3 is 14.5 Å². The third-order valence-corrected chi connectivity index (χ3v) is 1.71. The Morgan fingerprint density at radius 3 is 0.952 bits per heavy atom. The normalized spacial score (nSPS) is 15.9. The molecule has 2 N–H and O–H groups in total. The van der Waals surface area contributed by atoms with Gasteiger partial charge in [0.1, 0.15) is 0 Å². The number of likely N-dealkylation sites (tertiary alicyclic amines) is 1. The second kappa shape index (κ2) is 13.2. The molecule has 0 radical (unpaired) electrons. The van der Waals surface area contributed by atoms with Crippen LogP contribution in [0.25, 0.3) is 0 Å². The van der Waals surface area contributed by atoms with Crippen LogP contribution in [0.2, 0.25) is 0 Å². The van der Waals surface area contributed by atoms with Crippen LogP contribution in [0.15, 0.2) is 0 Å². The quantitative estimate of drug-likeness (QED) is 0.484. The summed E-state index contributed by atoms with van der Waals surface area (Å²) >= 11 is 0. The first-order chi connectivity index (χ1) is 9.13. The van der Waals surface area contributed by atoms with Crippen molar-refractivity contribution in [1.29, 1.82) is 0 Å². The van der Waals surface area contributed by atoms with E-state index >= 15 is 0 Å². The minimum atomic E-state index is -6.00. The van der Waals surface area contributed by atoms with Crippen molar-refractivity contribution in [3.8, 4) is 0 Å². The lowest BCUT2D eigenvalue weighted by molar-refractivity contribution is -0.884. The summed E-state index contributed by atoms with van der Waals surface area (Å²) in [5.74, 6) is 0. The van der Waals surface area contributed by atoms with E-state index in [0.29, 0.717) is 0 Å². The van der Waals surface area contributed by atoms with Gasteiger partial charge in [0, 0.05) is 0 Å². The van der Waals surface area contributed by atoms with Gasteiger partial charge in [0.15, 0.2) is 0 Å². The molecule has 132 valence electrons. The van der Waals surface area contributed by atoms with Crippen LogP contribution in [-0.2, 0) is 0 Å². The largest absolute Gasteiger partial charge is 0.673 e. The SMILES string of the molecule is C[NH+](C)C.C[NH+]1CCCCC1.F[B-](F)(F)F.F[B-](F)(F)F. The molecule has 1 fully saturated rings. The van der Waals surface area contributed by atoms with Crippen LogP contribution in [0, 0.1) is 0 Å². The van der Waals surface area contributed by atoms with Crippen molar-refractivity contribution >= 4 is 14.5 Å². The molecule has 0 amide bonds. The van der Waals surface area contributed by atoms with Crippen molar-refractivity contribution in [2.24, 2.45) is 0 Å². The van der Waals surface area contributed by atoms with Crippen LogP contribution in [0.3, 0.4) is 0 Å². The monoisotopic (exact) mass is 334 g/mol. The van der Waals surface area contributed by atoms with Gasteiger partial charge in [-0.25, -0.2) is 0 Å². The summed E-state index contributed by atoms with van der Waals surface area (Å²) in [7, 11) is -3.47. The Morgan fingerprint density at radius 1 is 0.667 bits per heavy atom. The Hall–Kier alpha value is -0.510. The molecule has 1 saturated heterocycles. The fourth-order valence-electron chi connectivity index (χ4n) is 1.16. The van der Waals surface area contributed by atoms with E-state index in [1.807, 2.05) is 0 Å². The van der Waals surface area contributed by atoms with Crippen molar-refractivity contribution in [2.45, 2.75) is 19.3 Å². The molecule has 0 spiro atoms. The Bertz CT molecular complexity index is 190. The van der Waals surface area contributed by atoms with E-state index in [1.54, 1.807) is 4.90 Å². The molecule has 0 saturated carbocycles. The van der Waals surface area contributed by atoms with Gasteiger partial charge < -0.3 is 44.3 Å². The highest BCUT2D eigenvalue weighted by molar-refractivity contribution is 6.50. The molecular weight excluding hydrogens is 310 g/mol. The standard InChI is InChI=1S/C6H13N.C3H9N.2BF4/c1-7-5-3-2-4-6-7;1-4(2)3;2*2-1(3,4)5/h2-6H2,1H3;1-3H3;;/q;;2*-1/p+2. The van der Waals surface area contributed by atoms with Crippen LogP contribution in [0.1, 0.15) is 19.3 Å². The van der Waals surface area contributed by atoms with Crippen molar-refractivity contribution in [3.05, 3.63) is 0 Å². The third kappa shape index (κ3) is 106. The third-order valence-electron chi connectivity index (χ3n) is 1.71. The molecular formula is C9H24B2F8N2. The average molecular weight is 334 g/mol. The fourth-order valence-corrected chi connectivity index (χ4v) is 1.16. The van der Waals surface area contributed by atoms with E-state index in [2.05, 4.69) is 28.2 Å². The number of halogens is 8. The predicted octanol–water partition coefficient (Wildman–Crippen LogP) is 1.05. The van der Waals surface area contributed by atoms with Gasteiger partial charge in [0.25, 0.3) is 0 Å². The molecule has 0 aromatic rings. The van der Waals surface area contributed by atoms with Crippen molar-refractivity contribution < 1.29 is 44.3 Å². The molecule has 1 heterocycles. The summed E-state index contributed by atoms with van der Waals surface area (Å²) in [6.45, 7) is 2.81. The van der Waals surface area contributed by atoms with Crippen LogP contribution in [0.4, 0.5) is 34.5 Å². The summed E-state index contributed by atoms with van der Waals surface area (Å²) in [5, 5.41) is 0. The van der Waals surface area contributed by atoms with Gasteiger partial charge in [-0.1, -0.05) is 0 Å². The van der Waals surface area contributed by atoms with Crippen LogP contribution in [0.5, 0.6) is 0 Å². The highest BCUT2D eigenvalue weighted by Crippen LogP contribution is 2.07. The number of quaternary nitrogens is 2. The Balaban J connectivity index is -0.000000212. The van der Waals surface area contributed by atoms with Crippen molar-refractivity contribution in [1.82, 2.24) is 0 Å². The van der Waals surface area contributed by atoms with Crippen molar-refractivity contribution in [3.63, 3.8) is 0 Å². The minimum Gasteiger partial charge on any atom is -0.418 e. The van der Waals surface area contributed by atoms with E-state index in [9.17, 15) is 34.5 Å². The number of nitrogens with one attached hydrogen (secondary N) is 2. The second-order valence-electron chi connectivity index (χ2n) is 5.01. The zero-order valence-electron chi connectivity index (χ0n) is 12.7. The Kier molecular flexibility index (Phi) is 16.0. The van der Waals surface area contributed by atoms with Gasteiger partial charge in [-0.15, -0.1) is 0 Å². The number of hydrogen-bond acceptors (Lipinski definition) is 0. The first-order valence-electron chi connectivity index (χ1n) is 6.45. The molecule has 0 atom stereocenters. The lowest BCUT2D eigenvalue weighted by Gasteiger charge is -2.17. The maximum absolute atomic E-state index is 9.75. The molecule has 2 nitrogen and oxygen atoms in total. The summed E-state index contributed by atoms with van der Waals surface area (Å²) in [4.78, 5) is 3.13. The van der Waals surface area contributed by atoms with Crippen molar-refractivity contribution in [2.75, 3.05) is 41.3 Å². The molecule has 0 aromatic carbocycles. The Morgan fingerprint density at radius 2 is 0.857 bits per heavy atom. The summed E-state index contributed by atoms with van der Waals surface area (Å²) < 4.78 is 78.0. The molecule has 0 bridgehead atoms. The van der Waals surface area contributed by atoms with Gasteiger partial charge in [0.2, 0.25) is 0 Å². The summed E-state index contributed by atoms with van der Waals surface area (Å²) in [6, 6.07) is 0. The maximum atomic E-state index is 9.75. The molecule has 1 aliphatic heterocycles. The first kappa shape index (κ1) is 25.4. The van der Waals surface area contributed by atoms with E-state index in [1.165, 1.54) is 37.3 Å². The minimum absolute atomic E-state index is 1.40. The van der Waals surface area contributed by atoms with E-state index in [0.717, 1.165) is 0 Å². The first-order valence-corrected chi connectivity index (χ1v) is 6.45. The highest BCUT2D eigenvalue weighted by Gasteiger charge is 2.21. The van der Waals surface area contributed by atoms with Gasteiger partial charge in [-0.2, -0.15) is 0 Å². The zero-order chi connectivity index (χ0) is 17.7. The molecule has 0 aliphatic carbocycles. The molecule has 1 aliphatic rings. The highest BCUT2D eigenvalue weighted by atomic mass is 19.5. The van der Waals surface area contributed by atoms with E-state index in [-0.39, 0.29) is 0 Å². The average Bonchev–Trinajstić information content (AvgIpc) is 2.11. The zero-order valence-corrected chi connectivity index (χ0v) is 12.7. The second-order valence-corrected chi connectivity index (χ2v) is 5.01. The number of piperidine rings is 1. The summed E-state index contributed by atoms with van der Waals surface area (Å²) in [6.07, 6.45) is 4.37. The number of hydrogen-bond donors (Lipinski definition) is 2. The van der Waals surface area contributed by atoms with E-state index in [4.69, 9.17) is 0 Å². The smallest absolute Gasteiger partial charge is 0.418 e. The molecule has 21 heavy (non-hydrogen) atoms. The topological polar surface area (TPSA) is 8.88 Å². The van der Waals surface area contributed by atoms with Gasteiger partial charge in [0.05, 0.1) is 41.3 Å². The van der Waals surface area contributed by atoms with Gasteiger partial charge in [-0.05, 0) is 19.3 Å². The lowest BCUT2D eigenvalue weighted by atomic mass is 10.1. The fraction of sp³-hybridized carbons (Fsp3) is 1.00. The molecule has 0 aromatic heterocycles. The maximum Gasteiger partial charge on any atom is 0.673 e. The summed E-state index contributed by atoms with van der Waals surface area (Å²) in [5.41, 5.74) is 0. The number of rotatable bonds is 0. The predicted molar refractivity (Wildman–Crippen MR) is 69.6 cm³/mol. The molecule has 12 heteroatoms. The van der Waals surface area contributed by atoms with Crippen LogP contribution in [-0.4, -0.2) is 55.8 Å². The Labute approximate surface area is 120 Å².